The van der Waals surface area contributed by atoms with E-state index in [1.54, 1.807) is 6.20 Å². The molecule has 3 heterocycles. The Hall–Kier alpha value is -2.28. The first-order valence-electron chi connectivity index (χ1n) is 8.39. The summed E-state index contributed by atoms with van der Waals surface area (Å²) in [4.78, 5) is 20.9. The molecule has 2 amide bonds. The van der Waals surface area contributed by atoms with Crippen molar-refractivity contribution in [3.05, 3.63) is 40.3 Å². The fraction of sp³-hybridized carbons (Fsp3) is 0.471. The van der Waals surface area contributed by atoms with E-state index < -0.39 is 0 Å². The highest BCUT2D eigenvalue weighted by molar-refractivity contribution is 6.30. The maximum absolute atomic E-state index is 12.5. The summed E-state index contributed by atoms with van der Waals surface area (Å²) in [7, 11) is 0. The number of nitrogens with one attached hydrogen (secondary N) is 2. The van der Waals surface area contributed by atoms with Crippen molar-refractivity contribution in [3.8, 4) is 0 Å². The number of carbonyl (C=O) groups is 1. The second kappa shape index (κ2) is 7.31. The van der Waals surface area contributed by atoms with E-state index in [0.717, 1.165) is 35.9 Å². The van der Waals surface area contributed by atoms with Crippen LogP contribution in [0.3, 0.4) is 0 Å². The highest BCUT2D eigenvalue weighted by Crippen LogP contribution is 2.20. The number of pyridine rings is 1. The molecule has 0 radical (unpaired) electrons. The fourth-order valence-electron chi connectivity index (χ4n) is 3.24. The third-order valence-corrected chi connectivity index (χ3v) is 4.78. The van der Waals surface area contributed by atoms with Crippen molar-refractivity contribution in [1.82, 2.24) is 25.4 Å². The molecule has 2 aromatic rings. The van der Waals surface area contributed by atoms with Gasteiger partial charge in [-0.25, -0.2) is 9.78 Å². The molecule has 0 aliphatic carbocycles. The van der Waals surface area contributed by atoms with Crippen molar-refractivity contribution < 1.29 is 4.79 Å². The van der Waals surface area contributed by atoms with Gasteiger partial charge in [0.15, 0.2) is 0 Å². The summed E-state index contributed by atoms with van der Waals surface area (Å²) < 4.78 is 0. The van der Waals surface area contributed by atoms with Gasteiger partial charge in [0.25, 0.3) is 0 Å². The molecule has 1 atom stereocenters. The number of rotatable bonds is 3. The Labute approximate surface area is 152 Å². The van der Waals surface area contributed by atoms with Crippen LogP contribution in [0, 0.1) is 13.8 Å². The number of carbonyl (C=O) groups excluding carboxylic acids is 1. The number of hydrogen-bond donors (Lipinski definition) is 2. The van der Waals surface area contributed by atoms with Gasteiger partial charge in [-0.2, -0.15) is 5.10 Å². The predicted octanol–water partition coefficient (Wildman–Crippen LogP) is 2.67. The minimum absolute atomic E-state index is 0.0452. The molecular weight excluding hydrogens is 340 g/mol. The second-order valence-electron chi connectivity index (χ2n) is 6.33. The second-order valence-corrected chi connectivity index (χ2v) is 6.76. The van der Waals surface area contributed by atoms with E-state index in [2.05, 4.69) is 25.4 Å². The number of piperazine rings is 1. The number of aromatic nitrogens is 3. The number of nitrogens with zero attached hydrogens (tertiary/aromatic N) is 4. The van der Waals surface area contributed by atoms with Crippen LogP contribution in [0.4, 0.5) is 10.6 Å². The van der Waals surface area contributed by atoms with E-state index in [4.69, 9.17) is 11.6 Å². The van der Waals surface area contributed by atoms with E-state index in [9.17, 15) is 4.79 Å². The summed E-state index contributed by atoms with van der Waals surface area (Å²) in [6.45, 7) is 8.71. The molecule has 134 valence electrons. The molecule has 0 aromatic carbocycles. The number of hydrogen-bond acceptors (Lipinski definition) is 4. The molecule has 2 aromatic heterocycles. The van der Waals surface area contributed by atoms with E-state index >= 15 is 0 Å². The van der Waals surface area contributed by atoms with Crippen molar-refractivity contribution >= 4 is 23.4 Å². The van der Waals surface area contributed by atoms with Gasteiger partial charge in [0.2, 0.25) is 0 Å². The Morgan fingerprint density at radius 1 is 1.28 bits per heavy atom. The standard InChI is InChI=1S/C17H23ClN6O/c1-11(16-12(2)21-22-13(16)3)20-17(25)24-8-6-23(7-9-24)15-5-4-14(18)10-19-15/h4-5,10-11H,6-9H2,1-3H3,(H,20,25)(H,21,22). The Bertz CT molecular complexity index is 717. The minimum Gasteiger partial charge on any atom is -0.353 e. The van der Waals surface area contributed by atoms with E-state index in [0.29, 0.717) is 18.1 Å². The zero-order valence-electron chi connectivity index (χ0n) is 14.7. The SMILES string of the molecule is Cc1n[nH]c(C)c1C(C)NC(=O)N1CCN(c2ccc(Cl)cn2)CC1. The van der Waals surface area contributed by atoms with E-state index in [1.807, 2.05) is 37.8 Å². The van der Waals surface area contributed by atoms with Crippen LogP contribution in [0.5, 0.6) is 0 Å². The smallest absolute Gasteiger partial charge is 0.317 e. The lowest BCUT2D eigenvalue weighted by Crippen LogP contribution is -2.52. The highest BCUT2D eigenvalue weighted by Gasteiger charge is 2.24. The first-order valence-corrected chi connectivity index (χ1v) is 8.77. The number of aromatic amines is 1. The summed E-state index contributed by atoms with van der Waals surface area (Å²) in [6.07, 6.45) is 1.65. The maximum atomic E-state index is 12.5. The van der Waals surface area contributed by atoms with Crippen molar-refractivity contribution in [2.75, 3.05) is 31.1 Å². The number of urea groups is 1. The van der Waals surface area contributed by atoms with Gasteiger partial charge in [0.05, 0.1) is 16.8 Å². The first-order chi connectivity index (χ1) is 12.0. The quantitative estimate of drug-likeness (QED) is 0.880. The van der Waals surface area contributed by atoms with Crippen LogP contribution in [-0.4, -0.2) is 52.3 Å². The van der Waals surface area contributed by atoms with Gasteiger partial charge in [0, 0.05) is 43.6 Å². The van der Waals surface area contributed by atoms with Gasteiger partial charge in [-0.3, -0.25) is 5.10 Å². The van der Waals surface area contributed by atoms with Gasteiger partial charge in [-0.1, -0.05) is 11.6 Å². The highest BCUT2D eigenvalue weighted by atomic mass is 35.5. The minimum atomic E-state index is -0.0813. The molecule has 1 saturated heterocycles. The largest absolute Gasteiger partial charge is 0.353 e. The van der Waals surface area contributed by atoms with E-state index in [1.165, 1.54) is 0 Å². The lowest BCUT2D eigenvalue weighted by molar-refractivity contribution is 0.191. The molecule has 1 unspecified atom stereocenters. The van der Waals surface area contributed by atoms with Crippen molar-refractivity contribution in [2.45, 2.75) is 26.8 Å². The number of H-pyrrole nitrogens is 1. The molecule has 7 nitrogen and oxygen atoms in total. The molecule has 8 heteroatoms. The van der Waals surface area contributed by atoms with Gasteiger partial charge < -0.3 is 15.1 Å². The normalized spacial score (nSPS) is 16.0. The Kier molecular flexibility index (Phi) is 5.13. The summed E-state index contributed by atoms with van der Waals surface area (Å²) >= 11 is 5.88. The van der Waals surface area contributed by atoms with Gasteiger partial charge in [0.1, 0.15) is 5.82 Å². The predicted molar refractivity (Wildman–Crippen MR) is 98.0 cm³/mol. The maximum Gasteiger partial charge on any atom is 0.317 e. The molecule has 0 spiro atoms. The molecule has 25 heavy (non-hydrogen) atoms. The summed E-state index contributed by atoms with van der Waals surface area (Å²) in [5.41, 5.74) is 2.96. The van der Waals surface area contributed by atoms with Crippen molar-refractivity contribution in [2.24, 2.45) is 0 Å². The molecule has 1 aliphatic rings. The first kappa shape index (κ1) is 17.5. The van der Waals surface area contributed by atoms with Crippen LogP contribution in [0.1, 0.15) is 29.9 Å². The lowest BCUT2D eigenvalue weighted by atomic mass is 10.1. The number of halogens is 1. The van der Waals surface area contributed by atoms with Gasteiger partial charge in [-0.05, 0) is 32.9 Å². The topological polar surface area (TPSA) is 77.2 Å². The summed E-state index contributed by atoms with van der Waals surface area (Å²) in [5, 5.41) is 10.9. The molecular formula is C17H23ClN6O. The zero-order chi connectivity index (χ0) is 18.0. The van der Waals surface area contributed by atoms with Crippen LogP contribution in [0.25, 0.3) is 0 Å². The molecule has 0 bridgehead atoms. The molecule has 1 aliphatic heterocycles. The van der Waals surface area contributed by atoms with Crippen LogP contribution in [-0.2, 0) is 0 Å². The van der Waals surface area contributed by atoms with E-state index in [-0.39, 0.29) is 12.1 Å². The Balaban J connectivity index is 1.55. The van der Waals surface area contributed by atoms with Gasteiger partial charge >= 0.3 is 6.03 Å². The number of anilines is 1. The van der Waals surface area contributed by atoms with Crippen molar-refractivity contribution in [1.29, 1.82) is 0 Å². The van der Waals surface area contributed by atoms with Crippen molar-refractivity contribution in [3.63, 3.8) is 0 Å². The third-order valence-electron chi connectivity index (χ3n) is 4.56. The summed E-state index contributed by atoms with van der Waals surface area (Å²) in [5.74, 6) is 0.891. The molecule has 0 saturated carbocycles. The lowest BCUT2D eigenvalue weighted by Gasteiger charge is -2.36. The molecule has 2 N–H and O–H groups in total. The van der Waals surface area contributed by atoms with Gasteiger partial charge in [-0.15, -0.1) is 0 Å². The summed E-state index contributed by atoms with van der Waals surface area (Å²) in [6, 6.07) is 3.61. The van der Waals surface area contributed by atoms with Crippen LogP contribution < -0.4 is 10.2 Å². The zero-order valence-corrected chi connectivity index (χ0v) is 15.5. The average molecular weight is 363 g/mol. The average Bonchev–Trinajstić information content (AvgIpc) is 2.94. The molecule has 1 fully saturated rings. The van der Waals surface area contributed by atoms with Crippen LogP contribution in [0.2, 0.25) is 5.02 Å². The monoisotopic (exact) mass is 362 g/mol. The van der Waals surface area contributed by atoms with Crippen LogP contribution in [0.15, 0.2) is 18.3 Å². The Morgan fingerprint density at radius 3 is 2.56 bits per heavy atom. The fourth-order valence-corrected chi connectivity index (χ4v) is 3.35. The third kappa shape index (κ3) is 3.87. The molecule has 3 rings (SSSR count). The number of aryl methyl sites for hydroxylation is 2. The number of amides is 2. The van der Waals surface area contributed by atoms with Crippen LogP contribution >= 0.6 is 11.6 Å². The Morgan fingerprint density at radius 2 is 2.00 bits per heavy atom.